The van der Waals surface area contributed by atoms with E-state index in [4.69, 9.17) is 4.74 Å². The lowest BCUT2D eigenvalue weighted by molar-refractivity contribution is -0.122. The van der Waals surface area contributed by atoms with Crippen LogP contribution in [0.3, 0.4) is 0 Å². The Morgan fingerprint density at radius 2 is 1.71 bits per heavy atom. The third-order valence-electron chi connectivity index (χ3n) is 5.45. The number of benzene rings is 3. The van der Waals surface area contributed by atoms with E-state index in [-0.39, 0.29) is 18.1 Å². The monoisotopic (exact) mass is 469 g/mol. The summed E-state index contributed by atoms with van der Waals surface area (Å²) in [6.45, 7) is 3.58. The Hall–Kier alpha value is -4.72. The van der Waals surface area contributed by atoms with Crippen molar-refractivity contribution in [1.29, 1.82) is 0 Å². The number of para-hydroxylation sites is 1. The van der Waals surface area contributed by atoms with Crippen LogP contribution in [0.15, 0.2) is 78.4 Å². The van der Waals surface area contributed by atoms with E-state index in [0.717, 1.165) is 16.0 Å². The molecule has 3 aromatic carbocycles. The van der Waals surface area contributed by atoms with Crippen LogP contribution in [0.1, 0.15) is 16.7 Å². The zero-order chi connectivity index (χ0) is 24.9. The van der Waals surface area contributed by atoms with Crippen molar-refractivity contribution in [3.8, 4) is 5.75 Å². The van der Waals surface area contributed by atoms with Gasteiger partial charge in [-0.15, -0.1) is 0 Å². The SMILES string of the molecule is Cc1ccc(N2C(=O)NC(=O)/C(=C/c3cccc(OCC(=O)Nc4ccccc4)c3)C2=O)cc1C. The highest BCUT2D eigenvalue weighted by Crippen LogP contribution is 2.25. The van der Waals surface area contributed by atoms with Gasteiger partial charge in [0.25, 0.3) is 17.7 Å². The van der Waals surface area contributed by atoms with E-state index in [9.17, 15) is 19.2 Å². The van der Waals surface area contributed by atoms with E-state index >= 15 is 0 Å². The van der Waals surface area contributed by atoms with Crippen molar-refractivity contribution >= 4 is 41.2 Å². The highest BCUT2D eigenvalue weighted by Gasteiger charge is 2.36. The molecular formula is C27H23N3O5. The van der Waals surface area contributed by atoms with Crippen LogP contribution in [-0.2, 0) is 14.4 Å². The molecule has 0 radical (unpaired) electrons. The molecule has 0 spiro atoms. The highest BCUT2D eigenvalue weighted by atomic mass is 16.5. The molecule has 8 heteroatoms. The van der Waals surface area contributed by atoms with Crippen LogP contribution in [0.5, 0.6) is 5.75 Å². The summed E-state index contributed by atoms with van der Waals surface area (Å²) >= 11 is 0. The number of nitrogens with one attached hydrogen (secondary N) is 2. The molecule has 5 amide bonds. The molecule has 1 fully saturated rings. The smallest absolute Gasteiger partial charge is 0.335 e. The molecule has 4 rings (SSSR count). The van der Waals surface area contributed by atoms with Crippen molar-refractivity contribution in [2.45, 2.75) is 13.8 Å². The Morgan fingerprint density at radius 3 is 2.46 bits per heavy atom. The van der Waals surface area contributed by atoms with Crippen LogP contribution >= 0.6 is 0 Å². The second-order valence-corrected chi connectivity index (χ2v) is 8.00. The minimum Gasteiger partial charge on any atom is -0.484 e. The van der Waals surface area contributed by atoms with Gasteiger partial charge in [-0.1, -0.05) is 36.4 Å². The van der Waals surface area contributed by atoms with Crippen LogP contribution < -0.4 is 20.3 Å². The maximum Gasteiger partial charge on any atom is 0.335 e. The summed E-state index contributed by atoms with van der Waals surface area (Å²) in [5, 5.41) is 4.94. The molecule has 1 saturated heterocycles. The summed E-state index contributed by atoms with van der Waals surface area (Å²) in [4.78, 5) is 51.1. The fourth-order valence-corrected chi connectivity index (χ4v) is 3.48. The van der Waals surface area contributed by atoms with Crippen LogP contribution in [-0.4, -0.2) is 30.4 Å². The number of imide groups is 2. The predicted octanol–water partition coefficient (Wildman–Crippen LogP) is 3.99. The number of rotatable bonds is 6. The van der Waals surface area contributed by atoms with Crippen LogP contribution in [0.25, 0.3) is 6.08 Å². The first-order chi connectivity index (χ1) is 16.8. The summed E-state index contributed by atoms with van der Waals surface area (Å²) in [7, 11) is 0. The number of urea groups is 1. The first kappa shape index (κ1) is 23.4. The van der Waals surface area contributed by atoms with Crippen LogP contribution in [0, 0.1) is 13.8 Å². The quantitative estimate of drug-likeness (QED) is 0.420. The molecule has 2 N–H and O–H groups in total. The molecule has 176 valence electrons. The van der Waals surface area contributed by atoms with Gasteiger partial charge in [-0.3, -0.25) is 19.7 Å². The molecule has 0 aliphatic carbocycles. The van der Waals surface area contributed by atoms with Crippen molar-refractivity contribution in [3.05, 3.63) is 95.1 Å². The minimum atomic E-state index is -0.804. The number of carbonyl (C=O) groups is 4. The molecule has 0 aromatic heterocycles. The topological polar surface area (TPSA) is 105 Å². The molecule has 35 heavy (non-hydrogen) atoms. The maximum atomic E-state index is 13.1. The van der Waals surface area contributed by atoms with Crippen LogP contribution in [0.4, 0.5) is 16.2 Å². The third-order valence-corrected chi connectivity index (χ3v) is 5.45. The minimum absolute atomic E-state index is 0.193. The Morgan fingerprint density at radius 1 is 0.943 bits per heavy atom. The number of amides is 5. The molecule has 0 saturated carbocycles. The van der Waals surface area contributed by atoms with Crippen molar-refractivity contribution in [1.82, 2.24) is 5.32 Å². The fourth-order valence-electron chi connectivity index (χ4n) is 3.48. The van der Waals surface area contributed by atoms with Gasteiger partial charge in [-0.25, -0.2) is 9.69 Å². The van der Waals surface area contributed by atoms with Crippen molar-refractivity contribution < 1.29 is 23.9 Å². The zero-order valence-electron chi connectivity index (χ0n) is 19.2. The Balaban J connectivity index is 1.51. The van der Waals surface area contributed by atoms with Crippen molar-refractivity contribution in [2.24, 2.45) is 0 Å². The van der Waals surface area contributed by atoms with Gasteiger partial charge in [-0.05, 0) is 73.0 Å². The van der Waals surface area contributed by atoms with Gasteiger partial charge in [-0.2, -0.15) is 0 Å². The summed E-state index contributed by atoms with van der Waals surface area (Å²) < 4.78 is 5.56. The second-order valence-electron chi connectivity index (χ2n) is 8.00. The molecule has 0 unspecified atom stereocenters. The molecule has 3 aromatic rings. The lowest BCUT2D eigenvalue weighted by Crippen LogP contribution is -2.54. The first-order valence-corrected chi connectivity index (χ1v) is 10.9. The van der Waals surface area contributed by atoms with E-state index < -0.39 is 17.8 Å². The summed E-state index contributed by atoms with van der Waals surface area (Å²) in [5.41, 5.74) is 3.26. The first-order valence-electron chi connectivity index (χ1n) is 10.9. The number of barbiturate groups is 1. The van der Waals surface area contributed by atoms with E-state index in [2.05, 4.69) is 10.6 Å². The van der Waals surface area contributed by atoms with Gasteiger partial charge in [0.15, 0.2) is 6.61 Å². The molecule has 1 aliphatic rings. The van der Waals surface area contributed by atoms with Crippen molar-refractivity contribution in [2.75, 3.05) is 16.8 Å². The number of carbonyl (C=O) groups excluding carboxylic acids is 4. The largest absolute Gasteiger partial charge is 0.484 e. The van der Waals surface area contributed by atoms with Gasteiger partial charge < -0.3 is 10.1 Å². The average molecular weight is 469 g/mol. The molecule has 1 aliphatic heterocycles. The van der Waals surface area contributed by atoms with E-state index in [1.807, 2.05) is 32.0 Å². The molecule has 0 atom stereocenters. The number of hydrogen-bond donors (Lipinski definition) is 2. The Kier molecular flexibility index (Phi) is 6.73. The molecule has 0 bridgehead atoms. The number of ether oxygens (including phenoxy) is 1. The highest BCUT2D eigenvalue weighted by molar-refractivity contribution is 6.39. The maximum absolute atomic E-state index is 13.1. The van der Waals surface area contributed by atoms with Gasteiger partial charge >= 0.3 is 6.03 Å². The van der Waals surface area contributed by atoms with Gasteiger partial charge in [0, 0.05) is 5.69 Å². The van der Waals surface area contributed by atoms with Gasteiger partial charge in [0.05, 0.1) is 5.69 Å². The predicted molar refractivity (Wildman–Crippen MR) is 132 cm³/mol. The zero-order valence-corrected chi connectivity index (χ0v) is 19.2. The Labute approximate surface area is 202 Å². The number of anilines is 2. The summed E-state index contributed by atoms with van der Waals surface area (Å²) in [6.07, 6.45) is 1.38. The van der Waals surface area contributed by atoms with E-state index in [1.165, 1.54) is 6.08 Å². The lowest BCUT2D eigenvalue weighted by atomic mass is 10.0. The fraction of sp³-hybridized carbons (Fsp3) is 0.111. The second kappa shape index (κ2) is 10.0. The Bertz CT molecular complexity index is 1350. The summed E-state index contributed by atoms with van der Waals surface area (Å²) in [5.74, 6) is -1.46. The standard InChI is InChI=1S/C27H23N3O5/c1-17-11-12-21(13-18(17)2)30-26(33)23(25(32)29-27(30)34)15-19-7-6-10-22(14-19)35-16-24(31)28-20-8-4-3-5-9-20/h3-15H,16H2,1-2H3,(H,28,31)(H,29,32,34)/b23-15-. The van der Waals surface area contributed by atoms with E-state index in [0.29, 0.717) is 22.7 Å². The molecule has 8 nitrogen and oxygen atoms in total. The normalized spacial score (nSPS) is 14.6. The van der Waals surface area contributed by atoms with E-state index in [1.54, 1.807) is 54.6 Å². The lowest BCUT2D eigenvalue weighted by Gasteiger charge is -2.26. The summed E-state index contributed by atoms with van der Waals surface area (Å²) in [6, 6.07) is 20.0. The van der Waals surface area contributed by atoms with Gasteiger partial charge in [0.2, 0.25) is 0 Å². The third kappa shape index (κ3) is 5.44. The van der Waals surface area contributed by atoms with Gasteiger partial charge in [0.1, 0.15) is 11.3 Å². The number of aryl methyl sites for hydroxylation is 2. The molecular weight excluding hydrogens is 446 g/mol. The van der Waals surface area contributed by atoms with Crippen molar-refractivity contribution in [3.63, 3.8) is 0 Å². The number of nitrogens with zero attached hydrogens (tertiary/aromatic N) is 1. The number of hydrogen-bond acceptors (Lipinski definition) is 5. The average Bonchev–Trinajstić information content (AvgIpc) is 2.83. The van der Waals surface area contributed by atoms with Crippen LogP contribution in [0.2, 0.25) is 0 Å². The molecule has 1 heterocycles.